The van der Waals surface area contributed by atoms with Gasteiger partial charge in [-0.15, -0.1) is 0 Å². The van der Waals surface area contributed by atoms with Crippen LogP contribution in [0.25, 0.3) is 0 Å². The van der Waals surface area contributed by atoms with Crippen molar-refractivity contribution in [3.8, 4) is 0 Å². The van der Waals surface area contributed by atoms with Gasteiger partial charge in [-0.1, -0.05) is 13.8 Å². The number of rotatable bonds is 1. The fourth-order valence-corrected chi connectivity index (χ4v) is 3.72. The van der Waals surface area contributed by atoms with E-state index in [0.717, 1.165) is 18.4 Å². The Labute approximate surface area is 124 Å². The highest BCUT2D eigenvalue weighted by Crippen LogP contribution is 2.50. The fraction of sp³-hybridized carbons (Fsp3) is 0.562. The van der Waals surface area contributed by atoms with E-state index >= 15 is 0 Å². The Morgan fingerprint density at radius 2 is 2.24 bits per heavy atom. The lowest BCUT2D eigenvalue weighted by molar-refractivity contribution is -0.133. The molecule has 1 saturated carbocycles. The van der Waals surface area contributed by atoms with Crippen molar-refractivity contribution in [2.75, 3.05) is 6.61 Å². The van der Waals surface area contributed by atoms with Crippen LogP contribution >= 0.6 is 0 Å². The highest BCUT2D eigenvalue weighted by Gasteiger charge is 2.52. The lowest BCUT2D eigenvalue weighted by atomic mass is 9.65. The minimum absolute atomic E-state index is 0.0159. The predicted octanol–water partition coefficient (Wildman–Crippen LogP) is 2.55. The summed E-state index contributed by atoms with van der Waals surface area (Å²) in [5.41, 5.74) is 0.503. The molecule has 2 atom stereocenters. The van der Waals surface area contributed by atoms with Gasteiger partial charge in [0.2, 0.25) is 0 Å². The largest absolute Gasteiger partial charge is 0.515 e. The number of carbonyl (C=O) groups excluding carboxylic acids is 1. The zero-order valence-corrected chi connectivity index (χ0v) is 12.4. The van der Waals surface area contributed by atoms with Crippen LogP contribution in [-0.4, -0.2) is 33.1 Å². The van der Waals surface area contributed by atoms with Crippen molar-refractivity contribution in [3.63, 3.8) is 0 Å². The number of aliphatic hydroxyl groups is 1. The molecule has 1 spiro atoms. The Bertz CT molecular complexity index is 582. The van der Waals surface area contributed by atoms with E-state index in [-0.39, 0.29) is 17.3 Å². The molecule has 1 aliphatic carbocycles. The van der Waals surface area contributed by atoms with Crippen LogP contribution in [0.4, 0.5) is 0 Å². The summed E-state index contributed by atoms with van der Waals surface area (Å²) >= 11 is 0. The minimum atomic E-state index is -0.510. The second-order valence-corrected chi connectivity index (χ2v) is 6.75. The Morgan fingerprint density at radius 1 is 1.43 bits per heavy atom. The van der Waals surface area contributed by atoms with Gasteiger partial charge in [-0.25, -0.2) is 0 Å². The first-order chi connectivity index (χ1) is 9.96. The second-order valence-electron chi connectivity index (χ2n) is 6.75. The number of hydrogen-bond acceptors (Lipinski definition) is 5. The third-order valence-corrected chi connectivity index (χ3v) is 4.55. The number of carbonyl (C=O) groups is 1. The molecule has 1 aromatic heterocycles. The number of aliphatic hydroxyl groups excluding tert-OH is 1. The van der Waals surface area contributed by atoms with Crippen molar-refractivity contribution in [2.45, 2.75) is 44.6 Å². The number of nitrogens with zero attached hydrogens (tertiary/aromatic N) is 2. The zero-order valence-electron chi connectivity index (χ0n) is 12.4. The average Bonchev–Trinajstić information content (AvgIpc) is 2.87. The molecule has 5 nitrogen and oxygen atoms in total. The summed E-state index contributed by atoms with van der Waals surface area (Å²) in [6, 6.07) is 0. The molecule has 0 aromatic carbocycles. The Hall–Kier alpha value is -1.75. The van der Waals surface area contributed by atoms with Crippen LogP contribution in [0.1, 0.15) is 44.7 Å². The smallest absolute Gasteiger partial charge is 0.167 e. The third-order valence-electron chi connectivity index (χ3n) is 4.55. The van der Waals surface area contributed by atoms with E-state index in [0.29, 0.717) is 25.0 Å². The molecule has 112 valence electrons. The van der Waals surface area contributed by atoms with Crippen LogP contribution in [0, 0.1) is 5.41 Å². The lowest BCUT2D eigenvalue weighted by Crippen LogP contribution is -2.45. The molecule has 2 fully saturated rings. The maximum Gasteiger partial charge on any atom is 0.167 e. The van der Waals surface area contributed by atoms with E-state index in [1.54, 1.807) is 18.6 Å². The van der Waals surface area contributed by atoms with Crippen molar-refractivity contribution >= 4 is 5.78 Å². The molecule has 0 bridgehead atoms. The topological polar surface area (TPSA) is 72.3 Å². The first-order valence-electron chi connectivity index (χ1n) is 7.24. The van der Waals surface area contributed by atoms with Gasteiger partial charge in [-0.05, 0) is 12.8 Å². The first-order valence-corrected chi connectivity index (χ1v) is 7.24. The average molecular weight is 288 g/mol. The summed E-state index contributed by atoms with van der Waals surface area (Å²) in [6.45, 7) is 4.42. The van der Waals surface area contributed by atoms with Gasteiger partial charge in [0.25, 0.3) is 0 Å². The molecule has 2 aliphatic rings. The van der Waals surface area contributed by atoms with E-state index in [1.165, 1.54) is 0 Å². The van der Waals surface area contributed by atoms with Crippen LogP contribution in [-0.2, 0) is 9.53 Å². The molecule has 0 radical (unpaired) electrons. The lowest BCUT2D eigenvalue weighted by Gasteiger charge is -2.41. The SMILES string of the molecule is CC1(C)CC2(CC(=CO)C1=O)CC(c1cnccn1)CO2. The van der Waals surface area contributed by atoms with Gasteiger partial charge >= 0.3 is 0 Å². The quantitative estimate of drug-likeness (QED) is 0.635. The highest BCUT2D eigenvalue weighted by atomic mass is 16.5. The molecule has 2 unspecified atom stereocenters. The molecule has 1 aliphatic heterocycles. The van der Waals surface area contributed by atoms with E-state index < -0.39 is 5.41 Å². The van der Waals surface area contributed by atoms with E-state index in [1.807, 2.05) is 13.8 Å². The van der Waals surface area contributed by atoms with E-state index in [4.69, 9.17) is 4.74 Å². The van der Waals surface area contributed by atoms with Crippen LogP contribution in [0.3, 0.4) is 0 Å². The molecular formula is C16H20N2O3. The number of ether oxygens (including phenoxy) is 1. The highest BCUT2D eigenvalue weighted by molar-refractivity contribution is 6.00. The molecule has 21 heavy (non-hydrogen) atoms. The van der Waals surface area contributed by atoms with Crippen molar-refractivity contribution < 1.29 is 14.6 Å². The number of aromatic nitrogens is 2. The summed E-state index contributed by atoms with van der Waals surface area (Å²) in [4.78, 5) is 20.7. The first kappa shape index (κ1) is 14.2. The van der Waals surface area contributed by atoms with Crippen molar-refractivity contribution in [1.82, 2.24) is 9.97 Å². The maximum atomic E-state index is 12.3. The van der Waals surface area contributed by atoms with Gasteiger partial charge in [-0.3, -0.25) is 14.8 Å². The maximum absolute atomic E-state index is 12.3. The minimum Gasteiger partial charge on any atom is -0.515 e. The summed E-state index contributed by atoms with van der Waals surface area (Å²) in [5.74, 6) is 0.213. The van der Waals surface area contributed by atoms with Gasteiger partial charge in [0, 0.05) is 41.9 Å². The van der Waals surface area contributed by atoms with Gasteiger partial charge in [-0.2, -0.15) is 0 Å². The van der Waals surface area contributed by atoms with Gasteiger partial charge < -0.3 is 9.84 Å². The molecule has 0 amide bonds. The summed E-state index contributed by atoms with van der Waals surface area (Å²) in [7, 11) is 0. The molecule has 5 heteroatoms. The molecule has 1 saturated heterocycles. The molecule has 3 rings (SSSR count). The van der Waals surface area contributed by atoms with Crippen LogP contribution in [0.15, 0.2) is 30.4 Å². The summed E-state index contributed by atoms with van der Waals surface area (Å²) in [5, 5.41) is 9.36. The Balaban J connectivity index is 1.85. The zero-order chi connectivity index (χ0) is 15.1. The van der Waals surface area contributed by atoms with Gasteiger partial charge in [0.05, 0.1) is 24.2 Å². The molecule has 1 N–H and O–H groups in total. The standard InChI is InChI=1S/C16H20N2O3/c1-15(2)10-16(5-11(8-19)14(15)20)6-12(9-21-16)13-7-17-3-4-18-13/h3-4,7-8,12,19H,5-6,9-10H2,1-2H3. The predicted molar refractivity (Wildman–Crippen MR) is 76.8 cm³/mol. The van der Waals surface area contributed by atoms with Crippen LogP contribution < -0.4 is 0 Å². The van der Waals surface area contributed by atoms with Gasteiger partial charge in [0.1, 0.15) is 0 Å². The Morgan fingerprint density at radius 3 is 2.90 bits per heavy atom. The van der Waals surface area contributed by atoms with Gasteiger partial charge in [0.15, 0.2) is 5.78 Å². The van der Waals surface area contributed by atoms with Crippen LogP contribution in [0.5, 0.6) is 0 Å². The van der Waals surface area contributed by atoms with Crippen molar-refractivity contribution in [2.24, 2.45) is 5.41 Å². The molecule has 2 heterocycles. The molecule has 1 aromatic rings. The summed E-state index contributed by atoms with van der Waals surface area (Å²) in [6.07, 6.45) is 8.02. The third kappa shape index (κ3) is 2.46. The summed E-state index contributed by atoms with van der Waals surface area (Å²) < 4.78 is 6.09. The van der Waals surface area contributed by atoms with E-state index in [9.17, 15) is 9.90 Å². The molecular weight excluding hydrogens is 268 g/mol. The second kappa shape index (κ2) is 4.91. The van der Waals surface area contributed by atoms with Crippen molar-refractivity contribution in [3.05, 3.63) is 36.1 Å². The number of ketones is 1. The van der Waals surface area contributed by atoms with Crippen LogP contribution in [0.2, 0.25) is 0 Å². The number of Topliss-reactive ketones (excluding diaryl/α,β-unsaturated/α-hetero) is 1. The normalized spacial score (nSPS) is 33.7. The fourth-order valence-electron chi connectivity index (χ4n) is 3.72. The Kier molecular flexibility index (Phi) is 3.32. The van der Waals surface area contributed by atoms with E-state index in [2.05, 4.69) is 9.97 Å². The monoisotopic (exact) mass is 288 g/mol. The number of hydrogen-bond donors (Lipinski definition) is 1. The van der Waals surface area contributed by atoms with Crippen molar-refractivity contribution in [1.29, 1.82) is 0 Å².